The van der Waals surface area contributed by atoms with E-state index in [9.17, 15) is 5.11 Å². The van der Waals surface area contributed by atoms with Gasteiger partial charge in [0.2, 0.25) is 0 Å². The number of rotatable bonds is 3. The van der Waals surface area contributed by atoms with E-state index in [1.165, 1.54) is 0 Å². The maximum atomic E-state index is 10.8. The van der Waals surface area contributed by atoms with Crippen LogP contribution < -0.4 is 0 Å². The molecule has 5 heteroatoms. The van der Waals surface area contributed by atoms with Gasteiger partial charge in [-0.15, -0.1) is 0 Å². The highest BCUT2D eigenvalue weighted by Crippen LogP contribution is 2.36. The fourth-order valence-electron chi connectivity index (χ4n) is 2.38. The highest BCUT2D eigenvalue weighted by Gasteiger charge is 2.35. The van der Waals surface area contributed by atoms with Crippen LogP contribution in [0.2, 0.25) is 5.02 Å². The Kier molecular flexibility index (Phi) is 4.07. The molecule has 1 aromatic rings. The van der Waals surface area contributed by atoms with Crippen LogP contribution in [-0.4, -0.2) is 28.1 Å². The van der Waals surface area contributed by atoms with Gasteiger partial charge in [-0.3, -0.25) is 4.68 Å². The maximum Gasteiger partial charge on any atom is 0.110 e. The van der Waals surface area contributed by atoms with Gasteiger partial charge in [-0.25, -0.2) is 0 Å². The van der Waals surface area contributed by atoms with E-state index in [1.807, 2.05) is 4.68 Å². The Hall–Kier alpha value is -0.580. The average molecular weight is 259 g/mol. The highest BCUT2D eigenvalue weighted by molar-refractivity contribution is 6.31. The van der Waals surface area contributed by atoms with E-state index in [1.54, 1.807) is 6.20 Å². The quantitative estimate of drug-likeness (QED) is 0.905. The lowest BCUT2D eigenvalue weighted by molar-refractivity contribution is 0.00623. The molecule has 1 atom stereocenters. The van der Waals surface area contributed by atoms with E-state index in [-0.39, 0.29) is 0 Å². The van der Waals surface area contributed by atoms with Gasteiger partial charge < -0.3 is 9.84 Å². The predicted octanol–water partition coefficient (Wildman–Crippen LogP) is 2.33. The van der Waals surface area contributed by atoms with Crippen molar-refractivity contribution in [1.29, 1.82) is 0 Å². The van der Waals surface area contributed by atoms with E-state index in [0.29, 0.717) is 31.1 Å². The molecule has 0 spiro atoms. The molecule has 1 aromatic heterocycles. The Morgan fingerprint density at radius 1 is 1.53 bits per heavy atom. The molecule has 4 nitrogen and oxygen atoms in total. The van der Waals surface area contributed by atoms with Gasteiger partial charge in [0.05, 0.1) is 16.9 Å². The van der Waals surface area contributed by atoms with Gasteiger partial charge in [-0.05, 0) is 19.3 Å². The topological polar surface area (TPSA) is 47.3 Å². The van der Waals surface area contributed by atoms with Crippen LogP contribution in [0.4, 0.5) is 0 Å². The zero-order valence-corrected chi connectivity index (χ0v) is 10.9. The number of hydrogen-bond acceptors (Lipinski definition) is 3. The second-order valence-corrected chi connectivity index (χ2v) is 4.97. The van der Waals surface area contributed by atoms with Crippen LogP contribution in [0.5, 0.6) is 0 Å². The second kappa shape index (κ2) is 5.38. The Bertz CT molecular complexity index is 371. The van der Waals surface area contributed by atoms with Crippen LogP contribution in [0.1, 0.15) is 38.3 Å². The maximum absolute atomic E-state index is 10.8. The van der Waals surface area contributed by atoms with Crippen LogP contribution in [0.25, 0.3) is 0 Å². The van der Waals surface area contributed by atoms with Crippen molar-refractivity contribution in [3.8, 4) is 0 Å². The first kappa shape index (κ1) is 12.9. The molecule has 2 heterocycles. The fraction of sp³-hybridized carbons (Fsp3) is 0.750. The van der Waals surface area contributed by atoms with Gasteiger partial charge in [-0.2, -0.15) is 5.10 Å². The first-order chi connectivity index (χ1) is 8.17. The average Bonchev–Trinajstić information content (AvgIpc) is 2.53. The van der Waals surface area contributed by atoms with Gasteiger partial charge in [0.15, 0.2) is 0 Å². The molecule has 1 fully saturated rings. The predicted molar refractivity (Wildman–Crippen MR) is 66.1 cm³/mol. The Morgan fingerprint density at radius 3 is 3.12 bits per heavy atom. The fourth-order valence-corrected chi connectivity index (χ4v) is 2.70. The molecule has 0 saturated carbocycles. The van der Waals surface area contributed by atoms with Gasteiger partial charge in [0.1, 0.15) is 5.60 Å². The second-order valence-electron chi connectivity index (χ2n) is 4.56. The number of hydrogen-bond donors (Lipinski definition) is 1. The minimum Gasteiger partial charge on any atom is -0.383 e. The number of aryl methyl sites for hydroxylation is 1. The first-order valence-electron chi connectivity index (χ1n) is 6.19. The van der Waals surface area contributed by atoms with Crippen molar-refractivity contribution in [3.63, 3.8) is 0 Å². The van der Waals surface area contributed by atoms with Gasteiger partial charge in [0, 0.05) is 26.2 Å². The number of ether oxygens (including phenoxy) is 1. The lowest BCUT2D eigenvalue weighted by atomic mass is 9.91. The summed E-state index contributed by atoms with van der Waals surface area (Å²) in [6.07, 6.45) is 4.71. The van der Waals surface area contributed by atoms with E-state index in [4.69, 9.17) is 16.3 Å². The molecule has 1 aliphatic heterocycles. The molecular formula is C12H19ClN2O2. The van der Waals surface area contributed by atoms with Crippen molar-refractivity contribution in [1.82, 2.24) is 9.78 Å². The molecule has 1 aliphatic rings. The summed E-state index contributed by atoms with van der Waals surface area (Å²) in [5, 5.41) is 15.6. The third-order valence-electron chi connectivity index (χ3n) is 3.21. The SMILES string of the molecule is CCCn1ncc(Cl)c1C1(O)CCCOCC1. The van der Waals surface area contributed by atoms with Gasteiger partial charge >= 0.3 is 0 Å². The van der Waals surface area contributed by atoms with Crippen LogP contribution in [0.3, 0.4) is 0 Å². The van der Waals surface area contributed by atoms with Crippen molar-refractivity contribution >= 4 is 11.6 Å². The van der Waals surface area contributed by atoms with Crippen LogP contribution in [0, 0.1) is 0 Å². The van der Waals surface area contributed by atoms with E-state index in [2.05, 4.69) is 12.0 Å². The van der Waals surface area contributed by atoms with Crippen LogP contribution in [-0.2, 0) is 16.9 Å². The van der Waals surface area contributed by atoms with Crippen molar-refractivity contribution in [2.45, 2.75) is 44.8 Å². The summed E-state index contributed by atoms with van der Waals surface area (Å²) in [6, 6.07) is 0. The Labute approximate surface area is 107 Å². The normalized spacial score (nSPS) is 25.8. The molecule has 2 rings (SSSR count). The summed E-state index contributed by atoms with van der Waals surface area (Å²) in [5.74, 6) is 0. The largest absolute Gasteiger partial charge is 0.383 e. The van der Waals surface area contributed by atoms with Crippen LogP contribution in [0.15, 0.2) is 6.20 Å². The van der Waals surface area contributed by atoms with Crippen molar-refractivity contribution in [2.24, 2.45) is 0 Å². The third kappa shape index (κ3) is 2.64. The highest BCUT2D eigenvalue weighted by atomic mass is 35.5. The molecule has 1 unspecified atom stereocenters. The van der Waals surface area contributed by atoms with E-state index < -0.39 is 5.60 Å². The van der Waals surface area contributed by atoms with Crippen molar-refractivity contribution in [3.05, 3.63) is 16.9 Å². The Morgan fingerprint density at radius 2 is 2.35 bits per heavy atom. The van der Waals surface area contributed by atoms with Crippen LogP contribution >= 0.6 is 11.6 Å². The zero-order chi connectivity index (χ0) is 12.3. The monoisotopic (exact) mass is 258 g/mol. The molecule has 0 aliphatic carbocycles. The minimum atomic E-state index is -0.890. The number of aliphatic hydroxyl groups is 1. The Balaban J connectivity index is 2.32. The third-order valence-corrected chi connectivity index (χ3v) is 3.49. The molecule has 0 aromatic carbocycles. The zero-order valence-electron chi connectivity index (χ0n) is 10.2. The molecule has 0 radical (unpaired) electrons. The minimum absolute atomic E-state index is 0.558. The smallest absolute Gasteiger partial charge is 0.110 e. The van der Waals surface area contributed by atoms with Gasteiger partial charge in [-0.1, -0.05) is 18.5 Å². The molecule has 17 heavy (non-hydrogen) atoms. The summed E-state index contributed by atoms with van der Waals surface area (Å²) in [4.78, 5) is 0. The molecular weight excluding hydrogens is 240 g/mol. The summed E-state index contributed by atoms with van der Waals surface area (Å²) in [6.45, 7) is 4.15. The summed E-state index contributed by atoms with van der Waals surface area (Å²) >= 11 is 6.17. The standard InChI is InChI=1S/C12H19ClN2O2/c1-2-6-15-11(10(13)9-14-15)12(16)4-3-7-17-8-5-12/h9,16H,2-8H2,1H3. The van der Waals surface area contributed by atoms with Crippen molar-refractivity contribution in [2.75, 3.05) is 13.2 Å². The van der Waals surface area contributed by atoms with E-state index in [0.717, 1.165) is 25.1 Å². The van der Waals surface area contributed by atoms with Gasteiger partial charge in [0.25, 0.3) is 0 Å². The first-order valence-corrected chi connectivity index (χ1v) is 6.57. The lowest BCUT2D eigenvalue weighted by Gasteiger charge is -2.27. The van der Waals surface area contributed by atoms with E-state index >= 15 is 0 Å². The molecule has 96 valence electrons. The molecule has 1 N–H and O–H groups in total. The number of nitrogens with zero attached hydrogens (tertiary/aromatic N) is 2. The summed E-state index contributed by atoms with van der Waals surface area (Å²) in [5.41, 5.74) is -0.134. The number of aromatic nitrogens is 2. The van der Waals surface area contributed by atoms with Crippen molar-refractivity contribution < 1.29 is 9.84 Å². The summed E-state index contributed by atoms with van der Waals surface area (Å²) in [7, 11) is 0. The summed E-state index contributed by atoms with van der Waals surface area (Å²) < 4.78 is 7.22. The lowest BCUT2D eigenvalue weighted by Crippen LogP contribution is -2.30. The molecule has 0 amide bonds. The number of halogens is 1. The molecule has 0 bridgehead atoms. The molecule has 1 saturated heterocycles.